The van der Waals surface area contributed by atoms with Gasteiger partial charge in [0.25, 0.3) is 15.9 Å². The summed E-state index contributed by atoms with van der Waals surface area (Å²) in [4.78, 5) is 4.35. The lowest BCUT2D eigenvalue weighted by atomic mass is 10.2. The molecule has 3 rings (SSSR count). The third kappa shape index (κ3) is 4.86. The van der Waals surface area contributed by atoms with E-state index in [1.165, 1.54) is 12.1 Å². The Morgan fingerprint density at radius 1 is 1.00 bits per heavy atom. The fourth-order valence-electron chi connectivity index (χ4n) is 2.63. The molecule has 0 aliphatic rings. The van der Waals surface area contributed by atoms with Crippen molar-refractivity contribution < 1.29 is 22.4 Å². The number of hydrogen-bond donors (Lipinski definition) is 1. The standard InChI is InChI=1S/C20H23N3O5S/c1-4-19-21-20(28-22-19)17-13-16(11-12-18(17)27-6-3)29(24,25)23-14-7-9-15(10-8-14)26-5-2/h7-13,23H,4-6H2,1-3H3. The van der Waals surface area contributed by atoms with Gasteiger partial charge in [0.2, 0.25) is 0 Å². The molecule has 2 aromatic carbocycles. The van der Waals surface area contributed by atoms with Crippen molar-refractivity contribution in [3.8, 4) is 23.0 Å². The van der Waals surface area contributed by atoms with Crippen molar-refractivity contribution in [3.63, 3.8) is 0 Å². The minimum Gasteiger partial charge on any atom is -0.494 e. The molecule has 0 fully saturated rings. The zero-order chi connectivity index (χ0) is 20.9. The van der Waals surface area contributed by atoms with Crippen LogP contribution in [0, 0.1) is 0 Å². The first-order chi connectivity index (χ1) is 14.0. The summed E-state index contributed by atoms with van der Waals surface area (Å²) in [6.45, 7) is 6.58. The monoisotopic (exact) mass is 417 g/mol. The second-order valence-electron chi connectivity index (χ2n) is 6.02. The minimum absolute atomic E-state index is 0.0566. The average molecular weight is 417 g/mol. The number of anilines is 1. The topological polar surface area (TPSA) is 104 Å². The zero-order valence-electron chi connectivity index (χ0n) is 16.5. The lowest BCUT2D eigenvalue weighted by Crippen LogP contribution is -2.13. The van der Waals surface area contributed by atoms with Crippen molar-refractivity contribution >= 4 is 15.7 Å². The maximum Gasteiger partial charge on any atom is 0.261 e. The largest absolute Gasteiger partial charge is 0.494 e. The fourth-order valence-corrected chi connectivity index (χ4v) is 3.72. The first-order valence-corrected chi connectivity index (χ1v) is 10.8. The molecule has 0 atom stereocenters. The Morgan fingerprint density at radius 3 is 2.34 bits per heavy atom. The van der Waals surface area contributed by atoms with Crippen LogP contribution in [0.1, 0.15) is 26.6 Å². The highest BCUT2D eigenvalue weighted by molar-refractivity contribution is 7.92. The Balaban J connectivity index is 1.93. The van der Waals surface area contributed by atoms with Gasteiger partial charge in [-0.1, -0.05) is 12.1 Å². The van der Waals surface area contributed by atoms with Crippen LogP contribution >= 0.6 is 0 Å². The van der Waals surface area contributed by atoms with Gasteiger partial charge in [-0.2, -0.15) is 4.98 Å². The van der Waals surface area contributed by atoms with Crippen LogP contribution in [0.4, 0.5) is 5.69 Å². The van der Waals surface area contributed by atoms with Crippen LogP contribution in [0.25, 0.3) is 11.5 Å². The van der Waals surface area contributed by atoms with Gasteiger partial charge in [0.1, 0.15) is 11.5 Å². The van der Waals surface area contributed by atoms with E-state index in [2.05, 4.69) is 14.9 Å². The van der Waals surface area contributed by atoms with Crippen LogP contribution in [-0.4, -0.2) is 31.8 Å². The van der Waals surface area contributed by atoms with Gasteiger partial charge < -0.3 is 14.0 Å². The second kappa shape index (κ2) is 8.95. The Labute approximate surface area is 169 Å². The molecule has 1 aromatic heterocycles. The molecular weight excluding hydrogens is 394 g/mol. The van der Waals surface area contributed by atoms with Crippen molar-refractivity contribution in [3.05, 3.63) is 48.3 Å². The Morgan fingerprint density at radius 2 is 1.72 bits per heavy atom. The molecule has 0 bridgehead atoms. The number of nitrogens with one attached hydrogen (secondary N) is 1. The fraction of sp³-hybridized carbons (Fsp3) is 0.300. The van der Waals surface area contributed by atoms with Crippen LogP contribution in [0.5, 0.6) is 11.5 Å². The summed E-state index contributed by atoms with van der Waals surface area (Å²) < 4.78 is 44.6. The van der Waals surface area contributed by atoms with Gasteiger partial charge in [-0.25, -0.2) is 8.42 Å². The molecule has 0 amide bonds. The van der Waals surface area contributed by atoms with E-state index in [-0.39, 0.29) is 10.8 Å². The smallest absolute Gasteiger partial charge is 0.261 e. The number of aromatic nitrogens is 2. The van der Waals surface area contributed by atoms with Crippen LogP contribution in [0.15, 0.2) is 51.9 Å². The first-order valence-electron chi connectivity index (χ1n) is 9.32. The lowest BCUT2D eigenvalue weighted by Gasteiger charge is -2.12. The highest BCUT2D eigenvalue weighted by atomic mass is 32.2. The third-order valence-corrected chi connectivity index (χ3v) is 5.37. The predicted molar refractivity (Wildman–Crippen MR) is 109 cm³/mol. The van der Waals surface area contributed by atoms with E-state index >= 15 is 0 Å². The van der Waals surface area contributed by atoms with Crippen molar-refractivity contribution in [2.75, 3.05) is 17.9 Å². The number of sulfonamides is 1. The lowest BCUT2D eigenvalue weighted by molar-refractivity contribution is 0.339. The number of nitrogens with zero attached hydrogens (tertiary/aromatic N) is 2. The molecule has 8 nitrogen and oxygen atoms in total. The van der Waals surface area contributed by atoms with Gasteiger partial charge in [-0.3, -0.25) is 4.72 Å². The molecule has 0 aliphatic carbocycles. The predicted octanol–water partition coefficient (Wildman–Crippen LogP) is 3.90. The van der Waals surface area contributed by atoms with E-state index in [4.69, 9.17) is 14.0 Å². The van der Waals surface area contributed by atoms with E-state index in [1.54, 1.807) is 30.3 Å². The molecule has 0 spiro atoms. The van der Waals surface area contributed by atoms with Crippen molar-refractivity contribution in [1.29, 1.82) is 0 Å². The highest BCUT2D eigenvalue weighted by Gasteiger charge is 2.20. The Kier molecular flexibility index (Phi) is 6.38. The molecule has 0 radical (unpaired) electrons. The molecule has 3 aromatic rings. The van der Waals surface area contributed by atoms with Crippen LogP contribution < -0.4 is 14.2 Å². The number of hydrogen-bond acceptors (Lipinski definition) is 7. The molecule has 0 saturated heterocycles. The van der Waals surface area contributed by atoms with Gasteiger partial charge in [0, 0.05) is 12.1 Å². The molecule has 9 heteroatoms. The van der Waals surface area contributed by atoms with Crippen molar-refractivity contribution in [1.82, 2.24) is 10.1 Å². The maximum atomic E-state index is 12.9. The molecule has 154 valence electrons. The number of ether oxygens (including phenoxy) is 2. The molecule has 1 N–H and O–H groups in total. The summed E-state index contributed by atoms with van der Waals surface area (Å²) in [5.41, 5.74) is 0.851. The van der Waals surface area contributed by atoms with E-state index in [0.29, 0.717) is 48.2 Å². The van der Waals surface area contributed by atoms with E-state index in [1.807, 2.05) is 20.8 Å². The molecule has 0 aliphatic heterocycles. The maximum absolute atomic E-state index is 12.9. The summed E-state index contributed by atoms with van der Waals surface area (Å²) in [6.07, 6.45) is 0.602. The SMILES string of the molecule is CCOc1ccc(NS(=O)(=O)c2ccc(OCC)c(-c3nc(CC)no3)c2)cc1. The van der Waals surface area contributed by atoms with Crippen LogP contribution in [0.3, 0.4) is 0 Å². The zero-order valence-corrected chi connectivity index (χ0v) is 17.3. The van der Waals surface area contributed by atoms with Gasteiger partial charge in [-0.15, -0.1) is 0 Å². The average Bonchev–Trinajstić information content (AvgIpc) is 3.19. The van der Waals surface area contributed by atoms with Crippen molar-refractivity contribution in [2.45, 2.75) is 32.1 Å². The molecule has 0 saturated carbocycles. The summed E-state index contributed by atoms with van der Waals surface area (Å²) in [5.74, 6) is 1.88. The van der Waals surface area contributed by atoms with E-state index < -0.39 is 10.0 Å². The molecular formula is C20H23N3O5S. The Hall–Kier alpha value is -3.07. The number of benzene rings is 2. The van der Waals surface area contributed by atoms with Gasteiger partial charge in [0.05, 0.1) is 23.7 Å². The summed E-state index contributed by atoms with van der Waals surface area (Å²) in [6, 6.07) is 11.2. The first kappa shape index (κ1) is 20.7. The quantitative estimate of drug-likeness (QED) is 0.563. The summed E-state index contributed by atoms with van der Waals surface area (Å²) in [7, 11) is -3.84. The normalized spacial score (nSPS) is 11.3. The van der Waals surface area contributed by atoms with Crippen molar-refractivity contribution in [2.24, 2.45) is 0 Å². The minimum atomic E-state index is -3.84. The Bertz CT molecular complexity index is 1060. The van der Waals surface area contributed by atoms with Crippen LogP contribution in [-0.2, 0) is 16.4 Å². The number of aryl methyl sites for hydroxylation is 1. The van der Waals surface area contributed by atoms with E-state index in [0.717, 1.165) is 0 Å². The molecule has 0 unspecified atom stereocenters. The van der Waals surface area contributed by atoms with Gasteiger partial charge in [-0.05, 0) is 56.3 Å². The molecule has 29 heavy (non-hydrogen) atoms. The molecule has 1 heterocycles. The third-order valence-electron chi connectivity index (χ3n) is 3.99. The van der Waals surface area contributed by atoms with E-state index in [9.17, 15) is 8.42 Å². The van der Waals surface area contributed by atoms with Crippen LogP contribution in [0.2, 0.25) is 0 Å². The van der Waals surface area contributed by atoms with Gasteiger partial charge in [0.15, 0.2) is 5.82 Å². The highest BCUT2D eigenvalue weighted by Crippen LogP contribution is 2.32. The second-order valence-corrected chi connectivity index (χ2v) is 7.71. The van der Waals surface area contributed by atoms with Gasteiger partial charge >= 0.3 is 0 Å². The number of rotatable bonds is 9. The summed E-state index contributed by atoms with van der Waals surface area (Å²) in [5, 5.41) is 3.88. The summed E-state index contributed by atoms with van der Waals surface area (Å²) >= 11 is 0.